The van der Waals surface area contributed by atoms with Crippen LogP contribution < -0.4 is 16.0 Å². The first-order chi connectivity index (χ1) is 16.7. The molecule has 0 radical (unpaired) electrons. The molecule has 3 atom stereocenters. The highest BCUT2D eigenvalue weighted by atomic mass is 19.4. The van der Waals surface area contributed by atoms with Gasteiger partial charge in [0.1, 0.15) is 5.60 Å². The summed E-state index contributed by atoms with van der Waals surface area (Å²) in [6.45, 7) is 3.92. The molecule has 0 bridgehead atoms. The van der Waals surface area contributed by atoms with E-state index < -0.39 is 53.5 Å². The zero-order valence-electron chi connectivity index (χ0n) is 20.6. The van der Waals surface area contributed by atoms with Gasteiger partial charge >= 0.3 is 12.3 Å². The van der Waals surface area contributed by atoms with E-state index in [0.717, 1.165) is 31.4 Å². The molecule has 2 rings (SSSR count). The molecule has 1 unspecified atom stereocenters. The number of nitrogens with one attached hydrogen (secondary N) is 3. The fraction of sp³-hybridized carbons (Fsp3) is 0.625. The second kappa shape index (κ2) is 12.4. The Bertz CT molecular complexity index is 933. The van der Waals surface area contributed by atoms with Crippen LogP contribution in [0.1, 0.15) is 68.8 Å². The van der Waals surface area contributed by atoms with Crippen LogP contribution in [-0.2, 0) is 15.7 Å². The van der Waals surface area contributed by atoms with E-state index in [0.29, 0.717) is 18.9 Å². The van der Waals surface area contributed by atoms with Crippen LogP contribution in [0.3, 0.4) is 0 Å². The number of alkyl halides is 3. The summed E-state index contributed by atoms with van der Waals surface area (Å²) in [6.07, 6.45) is -3.05. The third kappa shape index (κ3) is 9.30. The van der Waals surface area contributed by atoms with Crippen molar-refractivity contribution in [2.24, 2.45) is 5.92 Å². The van der Waals surface area contributed by atoms with E-state index in [-0.39, 0.29) is 24.3 Å². The van der Waals surface area contributed by atoms with Gasteiger partial charge in [-0.15, -0.1) is 0 Å². The lowest BCUT2D eigenvalue weighted by molar-refractivity contribution is -0.137. The second-order valence-corrected chi connectivity index (χ2v) is 9.86. The molecule has 1 aromatic rings. The Hall–Kier alpha value is -2.86. The average Bonchev–Trinajstić information content (AvgIpc) is 2.76. The first-order valence-electron chi connectivity index (χ1n) is 11.8. The van der Waals surface area contributed by atoms with Crippen molar-refractivity contribution >= 4 is 23.6 Å². The largest absolute Gasteiger partial charge is 0.444 e. The van der Waals surface area contributed by atoms with Gasteiger partial charge in [0.05, 0.1) is 36.1 Å². The summed E-state index contributed by atoms with van der Waals surface area (Å²) in [6, 6.07) is 2.00. The predicted molar refractivity (Wildman–Crippen MR) is 125 cm³/mol. The van der Waals surface area contributed by atoms with Crippen molar-refractivity contribution < 1.29 is 42.5 Å². The zero-order valence-corrected chi connectivity index (χ0v) is 20.6. The fourth-order valence-electron chi connectivity index (χ4n) is 4.05. The number of hydrogen-bond acceptors (Lipinski definition) is 6. The van der Waals surface area contributed by atoms with Gasteiger partial charge in [0, 0.05) is 6.04 Å². The molecule has 0 aromatic heterocycles. The van der Waals surface area contributed by atoms with Gasteiger partial charge in [-0.25, -0.2) is 4.79 Å². The highest BCUT2D eigenvalue weighted by molar-refractivity contribution is 6.04. The maximum Gasteiger partial charge on any atom is 0.416 e. The number of ether oxygens (including phenoxy) is 1. The molecule has 12 heteroatoms. The molecule has 1 aliphatic carbocycles. The number of hydrogen-bond donors (Lipinski definition) is 5. The van der Waals surface area contributed by atoms with Crippen molar-refractivity contribution in [3.8, 4) is 0 Å². The minimum absolute atomic E-state index is 0.0475. The van der Waals surface area contributed by atoms with Gasteiger partial charge in [0.15, 0.2) is 0 Å². The number of carbonyl (C=O) groups is 3. The van der Waals surface area contributed by atoms with Crippen LogP contribution in [0.5, 0.6) is 0 Å². The van der Waals surface area contributed by atoms with E-state index >= 15 is 0 Å². The second-order valence-electron chi connectivity index (χ2n) is 9.86. The standard InChI is InChI=1S/C24H34F3N3O6/c1-23(2,3)36-22(35)30-19-9-8-15(24(25,26)27)11-17(19)21(34)28-12-20(33)29-18-7-5-4-6-14(18)10-16(32)13-31/h8-9,11,14,16,18,31-32H,4-7,10,12-13H2,1-3H3,(H,28,34)(H,29,33)(H,30,35)/t14-,16+,18?/m1/s1. The predicted octanol–water partition coefficient (Wildman–Crippen LogP) is 3.20. The number of carbonyl (C=O) groups excluding carboxylic acids is 3. The lowest BCUT2D eigenvalue weighted by Gasteiger charge is -2.33. The van der Waals surface area contributed by atoms with Crippen molar-refractivity contribution in [1.82, 2.24) is 10.6 Å². The normalized spacial score (nSPS) is 19.2. The van der Waals surface area contributed by atoms with Crippen molar-refractivity contribution in [2.45, 2.75) is 76.8 Å². The molecule has 36 heavy (non-hydrogen) atoms. The van der Waals surface area contributed by atoms with E-state index in [9.17, 15) is 32.7 Å². The summed E-state index contributed by atoms with van der Waals surface area (Å²) in [5.41, 5.74) is -2.66. The Morgan fingerprint density at radius 1 is 1.14 bits per heavy atom. The highest BCUT2D eigenvalue weighted by Gasteiger charge is 2.33. The number of rotatable bonds is 8. The molecule has 0 heterocycles. The molecule has 1 aromatic carbocycles. The monoisotopic (exact) mass is 517 g/mol. The van der Waals surface area contributed by atoms with Crippen molar-refractivity contribution in [1.29, 1.82) is 0 Å². The molecular formula is C24H34F3N3O6. The van der Waals surface area contributed by atoms with Gasteiger partial charge in [-0.2, -0.15) is 13.2 Å². The molecule has 0 spiro atoms. The van der Waals surface area contributed by atoms with Crippen molar-refractivity contribution in [3.63, 3.8) is 0 Å². The number of aliphatic hydroxyl groups is 2. The summed E-state index contributed by atoms with van der Waals surface area (Å²) in [5, 5.41) is 26.2. The molecule has 1 aliphatic rings. The molecule has 0 aliphatic heterocycles. The number of anilines is 1. The molecule has 202 valence electrons. The number of benzene rings is 1. The van der Waals surface area contributed by atoms with Gasteiger partial charge in [-0.1, -0.05) is 12.8 Å². The minimum atomic E-state index is -4.73. The van der Waals surface area contributed by atoms with Crippen LogP contribution in [-0.4, -0.2) is 59.0 Å². The van der Waals surface area contributed by atoms with Gasteiger partial charge in [-0.05, 0) is 64.2 Å². The third-order valence-corrected chi connectivity index (χ3v) is 5.68. The van der Waals surface area contributed by atoms with Gasteiger partial charge in [0.2, 0.25) is 5.91 Å². The smallest absolute Gasteiger partial charge is 0.416 e. The lowest BCUT2D eigenvalue weighted by atomic mass is 9.81. The van der Waals surface area contributed by atoms with E-state index in [1.54, 1.807) is 20.8 Å². The van der Waals surface area contributed by atoms with Crippen LogP contribution in [0.4, 0.5) is 23.7 Å². The third-order valence-electron chi connectivity index (χ3n) is 5.68. The molecule has 1 saturated carbocycles. The number of aliphatic hydroxyl groups excluding tert-OH is 2. The maximum atomic E-state index is 13.2. The number of halogens is 3. The van der Waals surface area contributed by atoms with Crippen LogP contribution in [0.25, 0.3) is 0 Å². The van der Waals surface area contributed by atoms with Gasteiger partial charge in [-0.3, -0.25) is 14.9 Å². The topological polar surface area (TPSA) is 137 Å². The van der Waals surface area contributed by atoms with E-state index in [2.05, 4.69) is 16.0 Å². The van der Waals surface area contributed by atoms with Crippen LogP contribution in [0, 0.1) is 5.92 Å². The summed E-state index contributed by atoms with van der Waals surface area (Å²) >= 11 is 0. The van der Waals surface area contributed by atoms with Crippen molar-refractivity contribution in [3.05, 3.63) is 29.3 Å². The Morgan fingerprint density at radius 2 is 1.81 bits per heavy atom. The van der Waals surface area contributed by atoms with Crippen LogP contribution >= 0.6 is 0 Å². The van der Waals surface area contributed by atoms with Gasteiger partial charge < -0.3 is 25.6 Å². The first kappa shape index (κ1) is 29.4. The summed E-state index contributed by atoms with van der Waals surface area (Å²) in [5.74, 6) is -1.58. The summed E-state index contributed by atoms with van der Waals surface area (Å²) in [4.78, 5) is 37.3. The Kier molecular flexibility index (Phi) is 10.1. The zero-order chi connectivity index (χ0) is 27.1. The van der Waals surface area contributed by atoms with Crippen LogP contribution in [0.2, 0.25) is 0 Å². The Morgan fingerprint density at radius 3 is 2.42 bits per heavy atom. The maximum absolute atomic E-state index is 13.2. The number of amides is 3. The molecule has 0 saturated heterocycles. The Labute approximate surface area is 207 Å². The van der Waals surface area contributed by atoms with E-state index in [1.807, 2.05) is 0 Å². The highest BCUT2D eigenvalue weighted by Crippen LogP contribution is 2.32. The van der Waals surface area contributed by atoms with Crippen LogP contribution in [0.15, 0.2) is 18.2 Å². The lowest BCUT2D eigenvalue weighted by Crippen LogP contribution is -2.47. The Balaban J connectivity index is 2.10. The van der Waals surface area contributed by atoms with E-state index in [1.165, 1.54) is 0 Å². The van der Waals surface area contributed by atoms with Crippen molar-refractivity contribution in [2.75, 3.05) is 18.5 Å². The quantitative estimate of drug-likeness (QED) is 0.359. The first-order valence-corrected chi connectivity index (χ1v) is 11.8. The molecule has 1 fully saturated rings. The summed E-state index contributed by atoms with van der Waals surface area (Å²) < 4.78 is 44.8. The molecule has 9 nitrogen and oxygen atoms in total. The van der Waals surface area contributed by atoms with Gasteiger partial charge in [0.25, 0.3) is 5.91 Å². The molecule has 5 N–H and O–H groups in total. The minimum Gasteiger partial charge on any atom is -0.444 e. The fourth-order valence-corrected chi connectivity index (χ4v) is 4.05. The average molecular weight is 518 g/mol. The van der Waals surface area contributed by atoms with E-state index in [4.69, 9.17) is 9.84 Å². The molecular weight excluding hydrogens is 483 g/mol. The summed E-state index contributed by atoms with van der Waals surface area (Å²) in [7, 11) is 0. The SMILES string of the molecule is CC(C)(C)OC(=O)Nc1ccc(C(F)(F)F)cc1C(=O)NCC(=O)NC1CCCC[C@@H]1C[C@H](O)CO. The molecule has 3 amide bonds.